The molecule has 2 amide bonds. The van der Waals surface area contributed by atoms with Crippen molar-refractivity contribution >= 4 is 17.5 Å². The summed E-state index contributed by atoms with van der Waals surface area (Å²) in [4.78, 5) is 30.5. The lowest BCUT2D eigenvalue weighted by Crippen LogP contribution is -2.31. The van der Waals surface area contributed by atoms with E-state index in [9.17, 15) is 9.59 Å². The van der Waals surface area contributed by atoms with Crippen LogP contribution in [0.2, 0.25) is 0 Å². The van der Waals surface area contributed by atoms with Gasteiger partial charge in [-0.2, -0.15) is 0 Å². The van der Waals surface area contributed by atoms with Crippen LogP contribution in [0.3, 0.4) is 0 Å². The number of ether oxygens (including phenoxy) is 2. The summed E-state index contributed by atoms with van der Waals surface area (Å²) in [5.41, 5.74) is 1.37. The van der Waals surface area contributed by atoms with Crippen molar-refractivity contribution in [1.29, 1.82) is 0 Å². The van der Waals surface area contributed by atoms with E-state index >= 15 is 0 Å². The van der Waals surface area contributed by atoms with E-state index in [1.54, 1.807) is 24.1 Å². The van der Waals surface area contributed by atoms with Gasteiger partial charge in [0.15, 0.2) is 0 Å². The summed E-state index contributed by atoms with van der Waals surface area (Å²) in [6.07, 6.45) is 1.96. The van der Waals surface area contributed by atoms with Crippen molar-refractivity contribution in [3.63, 3.8) is 0 Å². The summed E-state index contributed by atoms with van der Waals surface area (Å²) in [5, 5.41) is 2.90. The maximum atomic E-state index is 12.4. The van der Waals surface area contributed by atoms with E-state index in [4.69, 9.17) is 9.47 Å². The fourth-order valence-electron chi connectivity index (χ4n) is 2.97. The minimum absolute atomic E-state index is 0.0817. The standard InChI is InChI=1S/C20H23N3O4/c1-26-9-10-27-18-12-16(7-8-21-18)20(25)22-13-15-11-19(24)23(14-15)17-5-3-2-4-6-17/h2-8,12,15H,9-11,13-14H2,1H3,(H,22,25)/t15-/m1/s1. The molecule has 1 aromatic carbocycles. The summed E-state index contributed by atoms with van der Waals surface area (Å²) >= 11 is 0. The molecule has 1 N–H and O–H groups in total. The van der Waals surface area contributed by atoms with Gasteiger partial charge in [0.1, 0.15) is 6.61 Å². The van der Waals surface area contributed by atoms with Crippen molar-refractivity contribution in [2.75, 3.05) is 38.3 Å². The lowest BCUT2D eigenvalue weighted by atomic mass is 10.1. The largest absolute Gasteiger partial charge is 0.475 e. The van der Waals surface area contributed by atoms with Crippen LogP contribution in [0.15, 0.2) is 48.7 Å². The molecule has 2 heterocycles. The Morgan fingerprint density at radius 2 is 2.07 bits per heavy atom. The second-order valence-electron chi connectivity index (χ2n) is 6.34. The molecular weight excluding hydrogens is 346 g/mol. The number of hydrogen-bond donors (Lipinski definition) is 1. The maximum absolute atomic E-state index is 12.4. The van der Waals surface area contributed by atoms with Crippen molar-refractivity contribution in [1.82, 2.24) is 10.3 Å². The van der Waals surface area contributed by atoms with Crippen LogP contribution in [0.25, 0.3) is 0 Å². The molecule has 1 aliphatic rings. The molecule has 0 bridgehead atoms. The highest BCUT2D eigenvalue weighted by Crippen LogP contribution is 2.24. The predicted molar refractivity (Wildman–Crippen MR) is 101 cm³/mol. The number of para-hydroxylation sites is 1. The number of carbonyl (C=O) groups excluding carboxylic acids is 2. The SMILES string of the molecule is COCCOc1cc(C(=O)NC[C@H]2CC(=O)N(c3ccccc3)C2)ccn1. The Morgan fingerprint density at radius 3 is 2.85 bits per heavy atom. The van der Waals surface area contributed by atoms with Crippen molar-refractivity contribution < 1.29 is 19.1 Å². The summed E-state index contributed by atoms with van der Waals surface area (Å²) < 4.78 is 10.3. The summed E-state index contributed by atoms with van der Waals surface area (Å²) in [5.74, 6) is 0.338. The second kappa shape index (κ2) is 9.14. The number of methoxy groups -OCH3 is 1. The summed E-state index contributed by atoms with van der Waals surface area (Å²) in [6, 6.07) is 12.8. The van der Waals surface area contributed by atoms with Crippen molar-refractivity contribution in [3.8, 4) is 5.88 Å². The molecule has 1 saturated heterocycles. The third-order valence-corrected chi connectivity index (χ3v) is 4.36. The zero-order chi connectivity index (χ0) is 19.1. The van der Waals surface area contributed by atoms with Gasteiger partial charge in [-0.1, -0.05) is 18.2 Å². The van der Waals surface area contributed by atoms with Crippen molar-refractivity contribution in [2.24, 2.45) is 5.92 Å². The normalized spacial score (nSPS) is 16.4. The van der Waals surface area contributed by atoms with E-state index in [2.05, 4.69) is 10.3 Å². The van der Waals surface area contributed by atoms with Crippen molar-refractivity contribution in [2.45, 2.75) is 6.42 Å². The van der Waals surface area contributed by atoms with Gasteiger partial charge in [0.2, 0.25) is 11.8 Å². The predicted octanol–water partition coefficient (Wildman–Crippen LogP) is 1.89. The minimum atomic E-state index is -0.209. The average molecular weight is 369 g/mol. The van der Waals surface area contributed by atoms with E-state index in [1.807, 2.05) is 30.3 Å². The highest BCUT2D eigenvalue weighted by Gasteiger charge is 2.30. The van der Waals surface area contributed by atoms with Crippen LogP contribution in [-0.4, -0.2) is 50.2 Å². The number of benzene rings is 1. The Kier molecular flexibility index (Phi) is 6.38. The van der Waals surface area contributed by atoms with Crippen LogP contribution in [0.1, 0.15) is 16.8 Å². The number of anilines is 1. The number of hydrogen-bond acceptors (Lipinski definition) is 5. The summed E-state index contributed by atoms with van der Waals surface area (Å²) in [6.45, 7) is 1.86. The quantitative estimate of drug-likeness (QED) is 0.719. The molecule has 3 rings (SSSR count). The van der Waals surface area contributed by atoms with Crippen LogP contribution < -0.4 is 15.0 Å². The third kappa shape index (κ3) is 5.04. The Labute approximate surface area is 158 Å². The molecule has 7 heteroatoms. The molecule has 0 saturated carbocycles. The Morgan fingerprint density at radius 1 is 1.26 bits per heavy atom. The van der Waals surface area contributed by atoms with Crippen LogP contribution in [0.4, 0.5) is 5.69 Å². The topological polar surface area (TPSA) is 80.8 Å². The van der Waals surface area contributed by atoms with Crippen molar-refractivity contribution in [3.05, 3.63) is 54.2 Å². The zero-order valence-corrected chi connectivity index (χ0v) is 15.3. The smallest absolute Gasteiger partial charge is 0.251 e. The Balaban J connectivity index is 1.52. The molecular formula is C20H23N3O4. The molecule has 1 fully saturated rings. The van der Waals surface area contributed by atoms with E-state index in [1.165, 1.54) is 6.20 Å². The lowest BCUT2D eigenvalue weighted by molar-refractivity contribution is -0.117. The number of nitrogens with zero attached hydrogens (tertiary/aromatic N) is 2. The molecule has 0 aliphatic carbocycles. The Bertz CT molecular complexity index is 782. The van der Waals surface area contributed by atoms with Crippen LogP contribution >= 0.6 is 0 Å². The molecule has 2 aromatic rings. The Hall–Kier alpha value is -2.93. The summed E-state index contributed by atoms with van der Waals surface area (Å²) in [7, 11) is 1.59. The first kappa shape index (κ1) is 18.8. The third-order valence-electron chi connectivity index (χ3n) is 4.36. The van der Waals surface area contributed by atoms with Gasteiger partial charge in [0.25, 0.3) is 5.91 Å². The number of aromatic nitrogens is 1. The molecule has 1 atom stereocenters. The monoisotopic (exact) mass is 369 g/mol. The van der Waals surface area contributed by atoms with Gasteiger partial charge in [-0.05, 0) is 18.2 Å². The molecule has 7 nitrogen and oxygen atoms in total. The van der Waals surface area contributed by atoms with E-state index in [-0.39, 0.29) is 17.7 Å². The first-order valence-corrected chi connectivity index (χ1v) is 8.89. The van der Waals surface area contributed by atoms with Gasteiger partial charge in [0, 0.05) is 56.1 Å². The number of nitrogens with one attached hydrogen (secondary N) is 1. The van der Waals surface area contributed by atoms with E-state index in [0.29, 0.717) is 44.2 Å². The van der Waals surface area contributed by atoms with E-state index in [0.717, 1.165) is 5.69 Å². The number of carbonyl (C=O) groups is 2. The lowest BCUT2D eigenvalue weighted by Gasteiger charge is -2.17. The fourth-order valence-corrected chi connectivity index (χ4v) is 2.97. The van der Waals surface area contributed by atoms with Gasteiger partial charge >= 0.3 is 0 Å². The first-order valence-electron chi connectivity index (χ1n) is 8.89. The average Bonchev–Trinajstić information content (AvgIpc) is 3.08. The van der Waals surface area contributed by atoms with Crippen LogP contribution in [0.5, 0.6) is 5.88 Å². The molecule has 0 radical (unpaired) electrons. The van der Waals surface area contributed by atoms with Gasteiger partial charge in [0.05, 0.1) is 6.61 Å². The minimum Gasteiger partial charge on any atom is -0.475 e. The highest BCUT2D eigenvalue weighted by atomic mass is 16.5. The molecule has 1 aliphatic heterocycles. The van der Waals surface area contributed by atoms with E-state index < -0.39 is 0 Å². The van der Waals surface area contributed by atoms with Crippen LogP contribution in [-0.2, 0) is 9.53 Å². The first-order chi connectivity index (χ1) is 13.2. The number of amides is 2. The number of pyridine rings is 1. The fraction of sp³-hybridized carbons (Fsp3) is 0.350. The molecule has 1 aromatic heterocycles. The van der Waals surface area contributed by atoms with Gasteiger partial charge in [-0.15, -0.1) is 0 Å². The zero-order valence-electron chi connectivity index (χ0n) is 15.3. The number of rotatable bonds is 8. The molecule has 0 spiro atoms. The second-order valence-corrected chi connectivity index (χ2v) is 6.34. The van der Waals surface area contributed by atoms with Crippen LogP contribution in [0, 0.1) is 5.92 Å². The van der Waals surface area contributed by atoms with Gasteiger partial charge in [-0.25, -0.2) is 4.98 Å². The highest BCUT2D eigenvalue weighted by molar-refractivity contribution is 5.96. The molecule has 0 unspecified atom stereocenters. The molecule has 27 heavy (non-hydrogen) atoms. The molecule has 142 valence electrons. The van der Waals surface area contributed by atoms with Gasteiger partial charge in [-0.3, -0.25) is 9.59 Å². The maximum Gasteiger partial charge on any atom is 0.251 e. The van der Waals surface area contributed by atoms with Gasteiger partial charge < -0.3 is 19.7 Å².